The molecular formula is C11H22N2S. The molecule has 2 fully saturated rings. The molecular weight excluding hydrogens is 192 g/mol. The van der Waals surface area contributed by atoms with Crippen LogP contribution in [0, 0.1) is 0 Å². The van der Waals surface area contributed by atoms with E-state index < -0.39 is 0 Å². The van der Waals surface area contributed by atoms with Crippen molar-refractivity contribution < 1.29 is 0 Å². The van der Waals surface area contributed by atoms with Crippen LogP contribution < -0.4 is 10.6 Å². The summed E-state index contributed by atoms with van der Waals surface area (Å²) in [7, 11) is 0. The summed E-state index contributed by atoms with van der Waals surface area (Å²) < 4.78 is 0. The summed E-state index contributed by atoms with van der Waals surface area (Å²) in [6.07, 6.45) is 5.63. The van der Waals surface area contributed by atoms with Gasteiger partial charge in [0.05, 0.1) is 0 Å². The van der Waals surface area contributed by atoms with E-state index in [1.54, 1.807) is 0 Å². The molecule has 3 heteroatoms. The average molecular weight is 214 g/mol. The van der Waals surface area contributed by atoms with Crippen molar-refractivity contribution >= 4 is 11.8 Å². The van der Waals surface area contributed by atoms with E-state index in [1.807, 2.05) is 0 Å². The third kappa shape index (κ3) is 3.79. The summed E-state index contributed by atoms with van der Waals surface area (Å²) >= 11 is 2.14. The first-order valence-electron chi connectivity index (χ1n) is 5.93. The monoisotopic (exact) mass is 214 g/mol. The zero-order chi connectivity index (χ0) is 9.80. The van der Waals surface area contributed by atoms with Crippen LogP contribution in [0.25, 0.3) is 0 Å². The van der Waals surface area contributed by atoms with Gasteiger partial charge in [-0.2, -0.15) is 11.8 Å². The Kier molecular flexibility index (Phi) is 4.14. The van der Waals surface area contributed by atoms with Gasteiger partial charge in [0.2, 0.25) is 0 Å². The highest BCUT2D eigenvalue weighted by atomic mass is 32.2. The van der Waals surface area contributed by atoms with Crippen molar-refractivity contribution in [1.82, 2.24) is 10.6 Å². The molecule has 0 amide bonds. The summed E-state index contributed by atoms with van der Waals surface area (Å²) in [4.78, 5) is 0. The van der Waals surface area contributed by atoms with Crippen LogP contribution in [0.15, 0.2) is 0 Å². The second kappa shape index (κ2) is 5.38. The molecule has 2 unspecified atom stereocenters. The Balaban J connectivity index is 1.50. The van der Waals surface area contributed by atoms with Crippen LogP contribution in [-0.2, 0) is 0 Å². The minimum atomic E-state index is 0.636. The Hall–Kier alpha value is 0.270. The number of hydrogen-bond acceptors (Lipinski definition) is 3. The largest absolute Gasteiger partial charge is 0.312 e. The van der Waals surface area contributed by atoms with Gasteiger partial charge in [-0.25, -0.2) is 0 Å². The van der Waals surface area contributed by atoms with Crippen LogP contribution in [0.4, 0.5) is 0 Å². The summed E-state index contributed by atoms with van der Waals surface area (Å²) in [6, 6.07) is 1.48. The molecule has 0 spiro atoms. The smallest absolute Gasteiger partial charge is 0.0172 e. The summed E-state index contributed by atoms with van der Waals surface area (Å²) in [5.74, 6) is 1.38. The van der Waals surface area contributed by atoms with Crippen LogP contribution >= 0.6 is 11.8 Å². The molecule has 1 aliphatic heterocycles. The highest BCUT2D eigenvalue weighted by molar-refractivity contribution is 8.00. The lowest BCUT2D eigenvalue weighted by molar-refractivity contribution is 0.496. The standard InChI is InChI=1S/C11H22N2S/c1-9(7-13-10-4-5-10)12-8-11-3-2-6-14-11/h9-13H,2-8H2,1H3. The Bertz CT molecular complexity index is 165. The first-order valence-corrected chi connectivity index (χ1v) is 6.98. The van der Waals surface area contributed by atoms with E-state index >= 15 is 0 Å². The second-order valence-electron chi connectivity index (χ2n) is 4.63. The average Bonchev–Trinajstić information content (AvgIpc) is 2.87. The van der Waals surface area contributed by atoms with Gasteiger partial charge < -0.3 is 10.6 Å². The minimum absolute atomic E-state index is 0.636. The van der Waals surface area contributed by atoms with Gasteiger partial charge in [-0.1, -0.05) is 0 Å². The molecule has 2 atom stereocenters. The summed E-state index contributed by atoms with van der Waals surface area (Å²) in [5.41, 5.74) is 0. The molecule has 82 valence electrons. The Labute approximate surface area is 91.6 Å². The van der Waals surface area contributed by atoms with Gasteiger partial charge in [0, 0.05) is 30.4 Å². The SMILES string of the molecule is CC(CNC1CC1)NCC1CCCS1. The zero-order valence-electron chi connectivity index (χ0n) is 9.09. The maximum atomic E-state index is 3.62. The molecule has 0 aromatic carbocycles. The zero-order valence-corrected chi connectivity index (χ0v) is 9.91. The van der Waals surface area contributed by atoms with Crippen LogP contribution in [-0.4, -0.2) is 36.2 Å². The summed E-state index contributed by atoms with van der Waals surface area (Å²) in [5, 5.41) is 8.07. The van der Waals surface area contributed by atoms with E-state index in [2.05, 4.69) is 29.3 Å². The van der Waals surface area contributed by atoms with Crippen LogP contribution in [0.2, 0.25) is 0 Å². The predicted octanol–water partition coefficient (Wildman–Crippen LogP) is 1.61. The van der Waals surface area contributed by atoms with Crippen LogP contribution in [0.3, 0.4) is 0 Å². The molecule has 0 aromatic heterocycles. The molecule has 0 radical (unpaired) electrons. The molecule has 0 aromatic rings. The second-order valence-corrected chi connectivity index (χ2v) is 6.04. The molecule has 2 nitrogen and oxygen atoms in total. The third-order valence-corrected chi connectivity index (χ3v) is 4.41. The fourth-order valence-electron chi connectivity index (χ4n) is 1.84. The van der Waals surface area contributed by atoms with Gasteiger partial charge in [0.15, 0.2) is 0 Å². The van der Waals surface area contributed by atoms with E-state index in [9.17, 15) is 0 Å². The van der Waals surface area contributed by atoms with E-state index in [-0.39, 0.29) is 0 Å². The molecule has 2 aliphatic rings. The van der Waals surface area contributed by atoms with E-state index in [4.69, 9.17) is 0 Å². The first kappa shape index (κ1) is 10.8. The summed E-state index contributed by atoms with van der Waals surface area (Å²) in [6.45, 7) is 4.63. The maximum absolute atomic E-state index is 3.62. The highest BCUT2D eigenvalue weighted by Gasteiger charge is 2.21. The molecule has 1 saturated heterocycles. The Morgan fingerprint density at radius 3 is 2.86 bits per heavy atom. The van der Waals surface area contributed by atoms with Crippen molar-refractivity contribution in [2.45, 2.75) is 49.9 Å². The maximum Gasteiger partial charge on any atom is 0.0172 e. The van der Waals surface area contributed by atoms with Crippen molar-refractivity contribution in [2.24, 2.45) is 0 Å². The quantitative estimate of drug-likeness (QED) is 0.702. The van der Waals surface area contributed by atoms with Gasteiger partial charge in [-0.3, -0.25) is 0 Å². The van der Waals surface area contributed by atoms with Crippen molar-refractivity contribution in [3.05, 3.63) is 0 Å². The number of hydrogen-bond donors (Lipinski definition) is 2. The van der Waals surface area contributed by atoms with Crippen LogP contribution in [0.1, 0.15) is 32.6 Å². The molecule has 2 N–H and O–H groups in total. The molecule has 1 heterocycles. The van der Waals surface area contributed by atoms with E-state index in [0.29, 0.717) is 6.04 Å². The minimum Gasteiger partial charge on any atom is -0.312 e. The molecule has 1 aliphatic carbocycles. The first-order chi connectivity index (χ1) is 6.84. The van der Waals surface area contributed by atoms with Gasteiger partial charge in [0.1, 0.15) is 0 Å². The molecule has 2 rings (SSSR count). The lowest BCUT2D eigenvalue weighted by Crippen LogP contribution is -2.39. The van der Waals surface area contributed by atoms with Gasteiger partial charge in [-0.15, -0.1) is 0 Å². The van der Waals surface area contributed by atoms with E-state index in [1.165, 1.54) is 38.0 Å². The van der Waals surface area contributed by atoms with Gasteiger partial charge >= 0.3 is 0 Å². The lowest BCUT2D eigenvalue weighted by Gasteiger charge is -2.17. The fourth-order valence-corrected chi connectivity index (χ4v) is 3.06. The number of nitrogens with one attached hydrogen (secondary N) is 2. The molecule has 14 heavy (non-hydrogen) atoms. The van der Waals surface area contributed by atoms with E-state index in [0.717, 1.165) is 17.8 Å². The lowest BCUT2D eigenvalue weighted by atomic mass is 10.2. The van der Waals surface area contributed by atoms with Crippen LogP contribution in [0.5, 0.6) is 0 Å². The van der Waals surface area contributed by atoms with Crippen molar-refractivity contribution in [3.8, 4) is 0 Å². The third-order valence-electron chi connectivity index (χ3n) is 3.01. The molecule has 1 saturated carbocycles. The molecule has 0 bridgehead atoms. The van der Waals surface area contributed by atoms with Crippen molar-refractivity contribution in [2.75, 3.05) is 18.8 Å². The topological polar surface area (TPSA) is 24.1 Å². The van der Waals surface area contributed by atoms with Gasteiger partial charge in [-0.05, 0) is 38.4 Å². The number of rotatable bonds is 6. The number of thioether (sulfide) groups is 1. The highest BCUT2D eigenvalue weighted by Crippen LogP contribution is 2.25. The Morgan fingerprint density at radius 2 is 2.21 bits per heavy atom. The normalized spacial score (nSPS) is 29.4. The fraction of sp³-hybridized carbons (Fsp3) is 1.00. The van der Waals surface area contributed by atoms with Crippen molar-refractivity contribution in [3.63, 3.8) is 0 Å². The van der Waals surface area contributed by atoms with Crippen molar-refractivity contribution in [1.29, 1.82) is 0 Å². The predicted molar refractivity (Wildman–Crippen MR) is 64.0 cm³/mol. The Morgan fingerprint density at radius 1 is 1.36 bits per heavy atom. The van der Waals surface area contributed by atoms with Gasteiger partial charge in [0.25, 0.3) is 0 Å².